The predicted molar refractivity (Wildman–Crippen MR) is 123 cm³/mol. The predicted octanol–water partition coefficient (Wildman–Crippen LogP) is 3.36. The summed E-state index contributed by atoms with van der Waals surface area (Å²) in [4.78, 5) is 18.8. The van der Waals surface area contributed by atoms with Crippen LogP contribution < -0.4 is 10.6 Å². The Balaban J connectivity index is 0.00000392. The Labute approximate surface area is 186 Å². The summed E-state index contributed by atoms with van der Waals surface area (Å²) in [6, 6.07) is 0. The molecule has 1 amide bonds. The Morgan fingerprint density at radius 2 is 2.07 bits per heavy atom. The minimum absolute atomic E-state index is 0. The van der Waals surface area contributed by atoms with Crippen molar-refractivity contribution in [2.75, 3.05) is 32.7 Å². The van der Waals surface area contributed by atoms with Gasteiger partial charge in [0.15, 0.2) is 5.96 Å². The first kappa shape index (κ1) is 24.7. The van der Waals surface area contributed by atoms with E-state index in [4.69, 9.17) is 9.52 Å². The third kappa shape index (κ3) is 7.60. The molecular weight excluding hydrogens is 469 g/mol. The van der Waals surface area contributed by atoms with Gasteiger partial charge in [-0.15, -0.1) is 24.0 Å². The Morgan fingerprint density at radius 1 is 1.29 bits per heavy atom. The average Bonchev–Trinajstić information content (AvgIpc) is 2.85. The molecule has 0 bridgehead atoms. The smallest absolute Gasteiger partial charge is 0.222 e. The van der Waals surface area contributed by atoms with Gasteiger partial charge in [0.2, 0.25) is 5.91 Å². The van der Waals surface area contributed by atoms with Crippen molar-refractivity contribution >= 4 is 35.8 Å². The minimum atomic E-state index is 0. The molecule has 1 fully saturated rings. The van der Waals surface area contributed by atoms with Crippen LogP contribution in [0.2, 0.25) is 0 Å². The number of aromatic nitrogens is 1. The number of halogens is 1. The van der Waals surface area contributed by atoms with Crippen LogP contribution >= 0.6 is 24.0 Å². The van der Waals surface area contributed by atoms with E-state index in [2.05, 4.69) is 29.6 Å². The number of nitrogens with one attached hydrogen (secondary N) is 2. The van der Waals surface area contributed by atoms with Crippen LogP contribution in [0.25, 0.3) is 0 Å². The van der Waals surface area contributed by atoms with Gasteiger partial charge in [0.05, 0.1) is 5.69 Å². The van der Waals surface area contributed by atoms with Gasteiger partial charge in [0.1, 0.15) is 5.76 Å². The van der Waals surface area contributed by atoms with Crippen LogP contribution in [0.15, 0.2) is 9.52 Å². The van der Waals surface area contributed by atoms with E-state index in [1.807, 2.05) is 18.7 Å². The van der Waals surface area contributed by atoms with Crippen molar-refractivity contribution in [1.29, 1.82) is 0 Å². The van der Waals surface area contributed by atoms with E-state index >= 15 is 0 Å². The zero-order valence-corrected chi connectivity index (χ0v) is 20.0. The lowest BCUT2D eigenvalue weighted by atomic mass is 10.00. The van der Waals surface area contributed by atoms with Crippen molar-refractivity contribution in [2.24, 2.45) is 4.99 Å². The third-order valence-electron chi connectivity index (χ3n) is 5.02. The number of likely N-dealkylation sites (tertiary alicyclic amines) is 1. The molecular formula is C20H36IN5O2. The first-order valence-corrected chi connectivity index (χ1v) is 10.3. The van der Waals surface area contributed by atoms with Crippen LogP contribution in [0.3, 0.4) is 0 Å². The lowest BCUT2D eigenvalue weighted by Gasteiger charge is -2.21. The molecule has 2 heterocycles. The van der Waals surface area contributed by atoms with Gasteiger partial charge in [-0.05, 0) is 40.0 Å². The third-order valence-corrected chi connectivity index (χ3v) is 5.02. The molecule has 2 rings (SSSR count). The molecule has 1 aromatic heterocycles. The molecule has 1 aliphatic heterocycles. The van der Waals surface area contributed by atoms with E-state index in [1.165, 1.54) is 6.42 Å². The van der Waals surface area contributed by atoms with Crippen molar-refractivity contribution in [1.82, 2.24) is 20.7 Å². The van der Waals surface area contributed by atoms with E-state index in [1.54, 1.807) is 0 Å². The van der Waals surface area contributed by atoms with Gasteiger partial charge in [0.25, 0.3) is 0 Å². The highest BCUT2D eigenvalue weighted by molar-refractivity contribution is 14.0. The molecule has 7 nitrogen and oxygen atoms in total. The molecule has 1 aromatic rings. The molecule has 1 unspecified atom stereocenters. The summed E-state index contributed by atoms with van der Waals surface area (Å²) in [5.74, 6) is 2.25. The molecule has 0 saturated carbocycles. The summed E-state index contributed by atoms with van der Waals surface area (Å²) in [5, 5.41) is 10.7. The Bertz CT molecular complexity index is 613. The van der Waals surface area contributed by atoms with Crippen molar-refractivity contribution < 1.29 is 9.32 Å². The van der Waals surface area contributed by atoms with Crippen LogP contribution in [-0.2, 0) is 4.79 Å². The SMILES string of the molecule is CCNC(=NCC(C)c1c(C)noc1C)NCCCN1CCCCCC1=O.I. The lowest BCUT2D eigenvalue weighted by Crippen LogP contribution is -2.39. The fraction of sp³-hybridized carbons (Fsp3) is 0.750. The summed E-state index contributed by atoms with van der Waals surface area (Å²) in [6.45, 7) is 12.1. The largest absolute Gasteiger partial charge is 0.361 e. The van der Waals surface area contributed by atoms with Gasteiger partial charge in [0, 0.05) is 50.6 Å². The number of guanidine groups is 1. The van der Waals surface area contributed by atoms with Crippen molar-refractivity contribution in [3.05, 3.63) is 17.0 Å². The summed E-state index contributed by atoms with van der Waals surface area (Å²) in [6.07, 6.45) is 4.96. The van der Waals surface area contributed by atoms with Crippen LogP contribution in [0.5, 0.6) is 0 Å². The first-order chi connectivity index (χ1) is 13.0. The zero-order valence-electron chi connectivity index (χ0n) is 17.7. The average molecular weight is 505 g/mol. The van der Waals surface area contributed by atoms with Crippen molar-refractivity contribution in [3.63, 3.8) is 0 Å². The number of hydrogen-bond acceptors (Lipinski definition) is 4. The normalized spacial score (nSPS) is 16.4. The van der Waals surface area contributed by atoms with Gasteiger partial charge in [-0.2, -0.15) is 0 Å². The Kier molecular flexibility index (Phi) is 11.5. The van der Waals surface area contributed by atoms with Crippen LogP contribution in [-0.4, -0.2) is 54.6 Å². The highest BCUT2D eigenvalue weighted by Crippen LogP contribution is 2.23. The number of aryl methyl sites for hydroxylation is 2. The molecule has 2 N–H and O–H groups in total. The molecule has 1 aliphatic rings. The number of carbonyl (C=O) groups excluding carboxylic acids is 1. The maximum Gasteiger partial charge on any atom is 0.222 e. The molecule has 0 aliphatic carbocycles. The molecule has 0 aromatic carbocycles. The zero-order chi connectivity index (χ0) is 19.6. The second kappa shape index (κ2) is 13.0. The summed E-state index contributed by atoms with van der Waals surface area (Å²) in [5.41, 5.74) is 2.09. The molecule has 0 spiro atoms. The standard InChI is InChI=1S/C20H35N5O2.HI/c1-5-21-20(23-14-15(2)19-16(3)24-27-17(19)4)22-11-9-13-25-12-8-6-7-10-18(25)26;/h15H,5-14H2,1-4H3,(H2,21,22,23);1H. The first-order valence-electron chi connectivity index (χ1n) is 10.3. The molecule has 28 heavy (non-hydrogen) atoms. The number of amides is 1. The topological polar surface area (TPSA) is 82.8 Å². The number of aliphatic imine (C=N–C) groups is 1. The highest BCUT2D eigenvalue weighted by atomic mass is 127. The van der Waals surface area contributed by atoms with Gasteiger partial charge >= 0.3 is 0 Å². The maximum atomic E-state index is 12.0. The van der Waals surface area contributed by atoms with Crippen LogP contribution in [0.4, 0.5) is 0 Å². The molecule has 160 valence electrons. The van der Waals surface area contributed by atoms with Crippen molar-refractivity contribution in [3.8, 4) is 0 Å². The van der Waals surface area contributed by atoms with Gasteiger partial charge < -0.3 is 20.1 Å². The van der Waals surface area contributed by atoms with E-state index in [0.717, 1.165) is 68.4 Å². The number of nitrogens with zero attached hydrogens (tertiary/aromatic N) is 3. The fourth-order valence-electron chi connectivity index (χ4n) is 3.61. The number of rotatable bonds is 8. The van der Waals surface area contributed by atoms with E-state index in [-0.39, 0.29) is 29.9 Å². The van der Waals surface area contributed by atoms with Crippen molar-refractivity contribution in [2.45, 2.75) is 65.7 Å². The molecule has 0 radical (unpaired) electrons. The fourth-order valence-corrected chi connectivity index (χ4v) is 3.61. The minimum Gasteiger partial charge on any atom is -0.361 e. The monoisotopic (exact) mass is 505 g/mol. The highest BCUT2D eigenvalue weighted by Gasteiger charge is 2.17. The second-order valence-corrected chi connectivity index (χ2v) is 7.33. The number of carbonyl (C=O) groups is 1. The summed E-state index contributed by atoms with van der Waals surface area (Å²) in [7, 11) is 0. The van der Waals surface area contributed by atoms with E-state index < -0.39 is 0 Å². The number of hydrogen-bond donors (Lipinski definition) is 2. The maximum absolute atomic E-state index is 12.0. The molecule has 1 atom stereocenters. The van der Waals surface area contributed by atoms with Gasteiger partial charge in [-0.3, -0.25) is 9.79 Å². The van der Waals surface area contributed by atoms with E-state index in [0.29, 0.717) is 18.9 Å². The van der Waals surface area contributed by atoms with Crippen LogP contribution in [0, 0.1) is 13.8 Å². The quantitative estimate of drug-likeness (QED) is 0.245. The summed E-state index contributed by atoms with van der Waals surface area (Å²) >= 11 is 0. The van der Waals surface area contributed by atoms with E-state index in [9.17, 15) is 4.79 Å². The second-order valence-electron chi connectivity index (χ2n) is 7.33. The van der Waals surface area contributed by atoms with Gasteiger partial charge in [-0.1, -0.05) is 18.5 Å². The molecule has 1 saturated heterocycles. The summed E-state index contributed by atoms with van der Waals surface area (Å²) < 4.78 is 5.26. The van der Waals surface area contributed by atoms with Crippen LogP contribution in [0.1, 0.15) is 68.9 Å². The van der Waals surface area contributed by atoms with Gasteiger partial charge in [-0.25, -0.2) is 0 Å². The lowest BCUT2D eigenvalue weighted by molar-refractivity contribution is -0.130. The Hall–Kier alpha value is -1.32. The molecule has 8 heteroatoms. The Morgan fingerprint density at radius 3 is 2.75 bits per heavy atom.